The number of aryl methyl sites for hydroxylation is 1. The number of hydrogen-bond acceptors (Lipinski definition) is 4. The predicted octanol–water partition coefficient (Wildman–Crippen LogP) is 2.39. The van der Waals surface area contributed by atoms with E-state index in [1.165, 1.54) is 0 Å². The van der Waals surface area contributed by atoms with Gasteiger partial charge in [0.1, 0.15) is 11.0 Å². The van der Waals surface area contributed by atoms with E-state index in [1.807, 2.05) is 19.5 Å². The summed E-state index contributed by atoms with van der Waals surface area (Å²) in [6, 6.07) is 1.75. The first-order valence-electron chi connectivity index (χ1n) is 4.70. The molecule has 0 amide bonds. The van der Waals surface area contributed by atoms with Gasteiger partial charge in [0.2, 0.25) is 0 Å². The Morgan fingerprint density at radius 1 is 1.44 bits per heavy atom. The summed E-state index contributed by atoms with van der Waals surface area (Å²) in [5.41, 5.74) is 1.77. The maximum absolute atomic E-state index is 5.95. The van der Waals surface area contributed by atoms with Crippen molar-refractivity contribution in [2.75, 3.05) is 6.26 Å². The highest BCUT2D eigenvalue weighted by molar-refractivity contribution is 7.97. The van der Waals surface area contributed by atoms with E-state index in [-0.39, 0.29) is 0 Å². The van der Waals surface area contributed by atoms with Gasteiger partial charge < -0.3 is 0 Å². The molecule has 0 aliphatic heterocycles. The summed E-state index contributed by atoms with van der Waals surface area (Å²) in [6.07, 6.45) is 5.68. The second kappa shape index (κ2) is 4.84. The van der Waals surface area contributed by atoms with Crippen LogP contribution >= 0.6 is 23.4 Å². The molecule has 84 valence electrons. The van der Waals surface area contributed by atoms with Crippen LogP contribution in [0.4, 0.5) is 0 Å². The third-order valence-electron chi connectivity index (χ3n) is 2.02. The molecule has 0 saturated carbocycles. The molecular formula is C10H11ClN4S. The highest BCUT2D eigenvalue weighted by atomic mass is 35.5. The predicted molar refractivity (Wildman–Crippen MR) is 66.5 cm³/mol. The van der Waals surface area contributed by atoms with Crippen molar-refractivity contribution in [3.05, 3.63) is 29.4 Å². The number of halogens is 1. The Morgan fingerprint density at radius 3 is 2.88 bits per heavy atom. The minimum atomic E-state index is 0.470. The molecule has 6 heteroatoms. The van der Waals surface area contributed by atoms with Crippen molar-refractivity contribution in [3.63, 3.8) is 0 Å². The van der Waals surface area contributed by atoms with Gasteiger partial charge in [-0.2, -0.15) is 16.9 Å². The summed E-state index contributed by atoms with van der Waals surface area (Å²) >= 11 is 7.62. The van der Waals surface area contributed by atoms with E-state index in [0.717, 1.165) is 22.8 Å². The number of thioether (sulfide) groups is 1. The lowest BCUT2D eigenvalue weighted by molar-refractivity contribution is 0.768. The summed E-state index contributed by atoms with van der Waals surface area (Å²) < 4.78 is 1.74. The molecule has 2 heterocycles. The molecule has 0 spiro atoms. The standard InChI is InChI=1S/C10H11ClN4S/c1-15-5-7(4-12-15)8-3-9(11)14-10(13-8)6-16-2/h3-5H,6H2,1-2H3. The minimum Gasteiger partial charge on any atom is -0.275 e. The van der Waals surface area contributed by atoms with Gasteiger partial charge in [0.05, 0.1) is 17.6 Å². The maximum Gasteiger partial charge on any atom is 0.140 e. The van der Waals surface area contributed by atoms with E-state index in [1.54, 1.807) is 28.7 Å². The molecule has 0 saturated heterocycles. The fourth-order valence-electron chi connectivity index (χ4n) is 1.36. The second-order valence-corrected chi connectivity index (χ2v) is 4.58. The van der Waals surface area contributed by atoms with Crippen LogP contribution in [-0.2, 0) is 12.8 Å². The molecule has 0 atom stereocenters. The van der Waals surface area contributed by atoms with Crippen LogP contribution in [0, 0.1) is 0 Å². The average Bonchev–Trinajstić information content (AvgIpc) is 2.64. The molecule has 16 heavy (non-hydrogen) atoms. The largest absolute Gasteiger partial charge is 0.275 e. The normalized spacial score (nSPS) is 10.7. The van der Waals surface area contributed by atoms with Gasteiger partial charge in [-0.1, -0.05) is 11.6 Å². The van der Waals surface area contributed by atoms with Crippen molar-refractivity contribution in [2.45, 2.75) is 5.75 Å². The molecule has 0 N–H and O–H groups in total. The third kappa shape index (κ3) is 2.54. The lowest BCUT2D eigenvalue weighted by Crippen LogP contribution is -1.95. The van der Waals surface area contributed by atoms with E-state index < -0.39 is 0 Å². The smallest absolute Gasteiger partial charge is 0.140 e. The first-order chi connectivity index (χ1) is 7.69. The molecule has 0 aromatic carbocycles. The van der Waals surface area contributed by atoms with Crippen molar-refractivity contribution in [3.8, 4) is 11.3 Å². The van der Waals surface area contributed by atoms with Gasteiger partial charge in [-0.15, -0.1) is 0 Å². The van der Waals surface area contributed by atoms with E-state index >= 15 is 0 Å². The fraction of sp³-hybridized carbons (Fsp3) is 0.300. The number of nitrogens with zero attached hydrogens (tertiary/aromatic N) is 4. The summed E-state index contributed by atoms with van der Waals surface area (Å²) in [6.45, 7) is 0. The quantitative estimate of drug-likeness (QED) is 0.789. The van der Waals surface area contributed by atoms with Crippen LogP contribution in [0.15, 0.2) is 18.5 Å². The summed E-state index contributed by atoms with van der Waals surface area (Å²) in [7, 11) is 1.87. The van der Waals surface area contributed by atoms with Crippen molar-refractivity contribution in [1.29, 1.82) is 0 Å². The summed E-state index contributed by atoms with van der Waals surface area (Å²) in [4.78, 5) is 8.60. The molecule has 2 rings (SSSR count). The average molecular weight is 255 g/mol. The van der Waals surface area contributed by atoms with E-state index in [4.69, 9.17) is 11.6 Å². The molecule has 0 aliphatic carbocycles. The monoisotopic (exact) mass is 254 g/mol. The Hall–Kier alpha value is -1.07. The van der Waals surface area contributed by atoms with Crippen molar-refractivity contribution in [1.82, 2.24) is 19.7 Å². The Balaban J connectivity index is 2.40. The van der Waals surface area contributed by atoms with Gasteiger partial charge in [0.25, 0.3) is 0 Å². The molecule has 0 fully saturated rings. The van der Waals surface area contributed by atoms with Gasteiger partial charge in [-0.3, -0.25) is 4.68 Å². The van der Waals surface area contributed by atoms with Crippen LogP contribution in [0.1, 0.15) is 5.82 Å². The first-order valence-corrected chi connectivity index (χ1v) is 6.47. The minimum absolute atomic E-state index is 0.470. The zero-order chi connectivity index (χ0) is 11.5. The highest BCUT2D eigenvalue weighted by Gasteiger charge is 2.06. The van der Waals surface area contributed by atoms with E-state index in [9.17, 15) is 0 Å². The SMILES string of the molecule is CSCc1nc(Cl)cc(-c2cnn(C)c2)n1. The molecular weight excluding hydrogens is 244 g/mol. The van der Waals surface area contributed by atoms with Crippen LogP contribution in [0.3, 0.4) is 0 Å². The number of aromatic nitrogens is 4. The molecule has 4 nitrogen and oxygen atoms in total. The fourth-order valence-corrected chi connectivity index (χ4v) is 1.95. The topological polar surface area (TPSA) is 43.6 Å². The van der Waals surface area contributed by atoms with Gasteiger partial charge in [0, 0.05) is 24.9 Å². The second-order valence-electron chi connectivity index (χ2n) is 3.33. The van der Waals surface area contributed by atoms with Crippen LogP contribution in [-0.4, -0.2) is 26.0 Å². The first kappa shape index (κ1) is 11.4. The van der Waals surface area contributed by atoms with Crippen LogP contribution in [0.25, 0.3) is 11.3 Å². The Bertz CT molecular complexity index is 497. The summed E-state index contributed by atoms with van der Waals surface area (Å²) in [5.74, 6) is 1.51. The van der Waals surface area contributed by atoms with Crippen molar-refractivity contribution < 1.29 is 0 Å². The van der Waals surface area contributed by atoms with E-state index in [0.29, 0.717) is 5.15 Å². The Kier molecular flexibility index (Phi) is 3.46. The van der Waals surface area contributed by atoms with Gasteiger partial charge in [0.15, 0.2) is 0 Å². The molecule has 0 radical (unpaired) electrons. The molecule has 2 aromatic rings. The number of hydrogen-bond donors (Lipinski definition) is 0. The lowest BCUT2D eigenvalue weighted by Gasteiger charge is -2.01. The van der Waals surface area contributed by atoms with Crippen molar-refractivity contribution in [2.24, 2.45) is 7.05 Å². The Morgan fingerprint density at radius 2 is 2.25 bits per heavy atom. The van der Waals surface area contributed by atoms with Crippen LogP contribution < -0.4 is 0 Å². The molecule has 0 bridgehead atoms. The van der Waals surface area contributed by atoms with Gasteiger partial charge in [-0.25, -0.2) is 9.97 Å². The third-order valence-corrected chi connectivity index (χ3v) is 2.76. The maximum atomic E-state index is 5.95. The Labute approximate surface area is 103 Å². The number of rotatable bonds is 3. The van der Waals surface area contributed by atoms with Crippen LogP contribution in [0.2, 0.25) is 5.15 Å². The summed E-state index contributed by atoms with van der Waals surface area (Å²) in [5, 5.41) is 4.58. The molecule has 2 aromatic heterocycles. The highest BCUT2D eigenvalue weighted by Crippen LogP contribution is 2.20. The molecule has 0 aliphatic rings. The van der Waals surface area contributed by atoms with Gasteiger partial charge in [-0.05, 0) is 6.26 Å². The van der Waals surface area contributed by atoms with Crippen molar-refractivity contribution >= 4 is 23.4 Å². The lowest BCUT2D eigenvalue weighted by atomic mass is 10.2. The van der Waals surface area contributed by atoms with E-state index in [2.05, 4.69) is 15.1 Å². The zero-order valence-corrected chi connectivity index (χ0v) is 10.6. The van der Waals surface area contributed by atoms with Gasteiger partial charge >= 0.3 is 0 Å². The molecule has 0 unspecified atom stereocenters. The zero-order valence-electron chi connectivity index (χ0n) is 9.01. The van der Waals surface area contributed by atoms with Crippen LogP contribution in [0.5, 0.6) is 0 Å².